The highest BCUT2D eigenvalue weighted by Gasteiger charge is 2.04. The van der Waals surface area contributed by atoms with Crippen LogP contribution in [0.1, 0.15) is 6.42 Å². The summed E-state index contributed by atoms with van der Waals surface area (Å²) >= 11 is 0. The highest BCUT2D eigenvalue weighted by Crippen LogP contribution is 2.15. The van der Waals surface area contributed by atoms with Crippen LogP contribution in [0.3, 0.4) is 0 Å². The maximum Gasteiger partial charge on any atom is 0.147 e. The van der Waals surface area contributed by atoms with E-state index in [9.17, 15) is 8.42 Å². The van der Waals surface area contributed by atoms with Crippen LogP contribution in [0.4, 0.5) is 0 Å². The van der Waals surface area contributed by atoms with Gasteiger partial charge < -0.3 is 0 Å². The summed E-state index contributed by atoms with van der Waals surface area (Å²) in [5.74, 6) is 0.202. The summed E-state index contributed by atoms with van der Waals surface area (Å²) in [7, 11) is -2.88. The molecule has 0 amide bonds. The van der Waals surface area contributed by atoms with Gasteiger partial charge in [-0.15, -0.1) is 0 Å². The minimum atomic E-state index is -2.88. The average molecular weight is 264 g/mol. The number of benzene rings is 1. The Morgan fingerprint density at radius 2 is 1.89 bits per heavy atom. The molecule has 18 heavy (non-hydrogen) atoms. The molecule has 0 aliphatic heterocycles. The molecule has 0 N–H and O–H groups in total. The smallest absolute Gasteiger partial charge is 0.147 e. The largest absolute Gasteiger partial charge is 0.272 e. The normalized spacial score (nSPS) is 11.6. The monoisotopic (exact) mass is 264 g/mol. The van der Waals surface area contributed by atoms with Gasteiger partial charge >= 0.3 is 0 Å². The fraction of sp³-hybridized carbons (Fsp3) is 0.308. The summed E-state index contributed by atoms with van der Waals surface area (Å²) < 4.78 is 23.8. The lowest BCUT2D eigenvalue weighted by Gasteiger charge is -2.00. The van der Waals surface area contributed by atoms with Crippen LogP contribution < -0.4 is 0 Å². The van der Waals surface area contributed by atoms with Crippen LogP contribution >= 0.6 is 0 Å². The van der Waals surface area contributed by atoms with E-state index in [0.717, 1.165) is 11.3 Å². The molecule has 0 aliphatic carbocycles. The lowest BCUT2D eigenvalue weighted by atomic mass is 10.2. The predicted molar refractivity (Wildman–Crippen MR) is 72.0 cm³/mol. The van der Waals surface area contributed by atoms with Gasteiger partial charge in [0.2, 0.25) is 0 Å². The zero-order valence-corrected chi connectivity index (χ0v) is 11.1. The van der Waals surface area contributed by atoms with Gasteiger partial charge in [0.15, 0.2) is 0 Å². The predicted octanol–water partition coefficient (Wildman–Crippen LogP) is 1.98. The second-order valence-electron chi connectivity index (χ2n) is 4.31. The third-order valence-electron chi connectivity index (χ3n) is 2.61. The van der Waals surface area contributed by atoms with Gasteiger partial charge in [0.05, 0.1) is 11.4 Å². The average Bonchev–Trinajstić information content (AvgIpc) is 2.77. The number of hydrogen-bond acceptors (Lipinski definition) is 3. The number of aryl methyl sites for hydroxylation is 1. The third kappa shape index (κ3) is 3.70. The Bertz CT molecular complexity index is 603. The van der Waals surface area contributed by atoms with E-state index in [0.29, 0.717) is 13.0 Å². The summed E-state index contributed by atoms with van der Waals surface area (Å²) in [6.07, 6.45) is 3.73. The van der Waals surface area contributed by atoms with E-state index >= 15 is 0 Å². The summed E-state index contributed by atoms with van der Waals surface area (Å²) in [4.78, 5) is 0. The zero-order chi connectivity index (χ0) is 13.0. The zero-order valence-electron chi connectivity index (χ0n) is 10.3. The number of hydrogen-bond donors (Lipinski definition) is 0. The van der Waals surface area contributed by atoms with Crippen molar-refractivity contribution in [3.63, 3.8) is 0 Å². The molecule has 96 valence electrons. The van der Waals surface area contributed by atoms with Crippen LogP contribution in [0, 0.1) is 0 Å². The van der Waals surface area contributed by atoms with Gasteiger partial charge in [0.1, 0.15) is 9.84 Å². The molecule has 0 saturated heterocycles. The summed E-state index contributed by atoms with van der Waals surface area (Å²) in [6.45, 7) is 0.625. The molecule has 1 heterocycles. The molecule has 2 aromatic rings. The molecule has 0 fully saturated rings. The molecule has 4 nitrogen and oxygen atoms in total. The summed E-state index contributed by atoms with van der Waals surface area (Å²) in [5.41, 5.74) is 1.98. The quantitative estimate of drug-likeness (QED) is 0.829. The van der Waals surface area contributed by atoms with Crippen molar-refractivity contribution in [2.24, 2.45) is 0 Å². The Kier molecular flexibility index (Phi) is 3.81. The SMILES string of the molecule is CS(=O)(=O)CCCn1ccc(-c2ccccc2)n1. The van der Waals surface area contributed by atoms with Crippen LogP contribution in [-0.4, -0.2) is 30.2 Å². The Labute approximate surface area is 107 Å². The van der Waals surface area contributed by atoms with E-state index in [1.54, 1.807) is 4.68 Å². The Balaban J connectivity index is 1.99. The second kappa shape index (κ2) is 5.35. The van der Waals surface area contributed by atoms with Crippen molar-refractivity contribution in [3.8, 4) is 11.3 Å². The fourth-order valence-electron chi connectivity index (χ4n) is 1.74. The lowest BCUT2D eigenvalue weighted by molar-refractivity contribution is 0.577. The molecular formula is C13H16N2O2S. The molecule has 1 aromatic carbocycles. The molecule has 0 bridgehead atoms. The summed E-state index contributed by atoms with van der Waals surface area (Å²) in [6, 6.07) is 11.9. The molecule has 0 spiro atoms. The van der Waals surface area contributed by atoms with Gasteiger partial charge in [-0.3, -0.25) is 4.68 Å². The maximum atomic E-state index is 11.0. The van der Waals surface area contributed by atoms with Crippen LogP contribution in [0.15, 0.2) is 42.6 Å². The number of rotatable bonds is 5. The summed E-state index contributed by atoms with van der Waals surface area (Å²) in [5, 5.41) is 4.42. The van der Waals surface area contributed by atoms with E-state index in [4.69, 9.17) is 0 Å². The van der Waals surface area contributed by atoms with Gasteiger partial charge in [-0.25, -0.2) is 8.42 Å². The van der Waals surface area contributed by atoms with Gasteiger partial charge in [0.25, 0.3) is 0 Å². The highest BCUT2D eigenvalue weighted by molar-refractivity contribution is 7.90. The van der Waals surface area contributed by atoms with E-state index in [-0.39, 0.29) is 5.75 Å². The van der Waals surface area contributed by atoms with Crippen LogP contribution in [0.25, 0.3) is 11.3 Å². The maximum absolute atomic E-state index is 11.0. The minimum Gasteiger partial charge on any atom is -0.272 e. The first-order valence-electron chi connectivity index (χ1n) is 5.81. The van der Waals surface area contributed by atoms with Crippen LogP contribution in [0.5, 0.6) is 0 Å². The Morgan fingerprint density at radius 3 is 2.56 bits per heavy atom. The van der Waals surface area contributed by atoms with Crippen molar-refractivity contribution in [1.82, 2.24) is 9.78 Å². The molecule has 0 radical (unpaired) electrons. The van der Waals surface area contributed by atoms with Gasteiger partial charge in [-0.2, -0.15) is 5.10 Å². The highest BCUT2D eigenvalue weighted by atomic mass is 32.2. The number of sulfone groups is 1. The van der Waals surface area contributed by atoms with Crippen molar-refractivity contribution in [2.75, 3.05) is 12.0 Å². The lowest BCUT2D eigenvalue weighted by Crippen LogP contribution is -2.07. The van der Waals surface area contributed by atoms with Crippen LogP contribution in [0.2, 0.25) is 0 Å². The molecule has 2 rings (SSSR count). The van der Waals surface area contributed by atoms with Gasteiger partial charge in [0, 0.05) is 24.6 Å². The molecule has 0 atom stereocenters. The van der Waals surface area contributed by atoms with E-state index in [1.807, 2.05) is 42.6 Å². The van der Waals surface area contributed by atoms with E-state index < -0.39 is 9.84 Å². The molecule has 0 unspecified atom stereocenters. The van der Waals surface area contributed by atoms with E-state index in [2.05, 4.69) is 5.10 Å². The van der Waals surface area contributed by atoms with Crippen molar-refractivity contribution < 1.29 is 8.42 Å². The first-order chi connectivity index (χ1) is 8.54. The first-order valence-corrected chi connectivity index (χ1v) is 7.87. The van der Waals surface area contributed by atoms with Crippen molar-refractivity contribution in [1.29, 1.82) is 0 Å². The van der Waals surface area contributed by atoms with E-state index in [1.165, 1.54) is 6.26 Å². The standard InChI is InChI=1S/C13H16N2O2S/c1-18(16,17)11-5-9-15-10-8-13(14-15)12-6-3-2-4-7-12/h2-4,6-8,10H,5,9,11H2,1H3. The first kappa shape index (κ1) is 12.8. The minimum absolute atomic E-state index is 0.202. The second-order valence-corrected chi connectivity index (χ2v) is 6.57. The molecule has 0 aliphatic rings. The Hall–Kier alpha value is -1.62. The molecule has 1 aromatic heterocycles. The van der Waals surface area contributed by atoms with Gasteiger partial charge in [-0.05, 0) is 12.5 Å². The third-order valence-corrected chi connectivity index (χ3v) is 3.64. The van der Waals surface area contributed by atoms with Gasteiger partial charge in [-0.1, -0.05) is 30.3 Å². The van der Waals surface area contributed by atoms with Crippen molar-refractivity contribution in [3.05, 3.63) is 42.6 Å². The van der Waals surface area contributed by atoms with Crippen LogP contribution in [-0.2, 0) is 16.4 Å². The number of nitrogens with zero attached hydrogens (tertiary/aromatic N) is 2. The van der Waals surface area contributed by atoms with Crippen molar-refractivity contribution >= 4 is 9.84 Å². The Morgan fingerprint density at radius 1 is 1.17 bits per heavy atom. The molecule has 0 saturated carbocycles. The topological polar surface area (TPSA) is 52.0 Å². The molecular weight excluding hydrogens is 248 g/mol. The molecule has 5 heteroatoms. The van der Waals surface area contributed by atoms with Crippen molar-refractivity contribution in [2.45, 2.75) is 13.0 Å². The number of aromatic nitrogens is 2. The fourth-order valence-corrected chi connectivity index (χ4v) is 2.39.